The Bertz CT molecular complexity index is 725. The molecule has 0 radical (unpaired) electrons. The molecule has 0 amide bonds. The molecule has 0 saturated carbocycles. The minimum atomic E-state index is -0.214. The first kappa shape index (κ1) is 18.5. The molecule has 1 aliphatic rings. The van der Waals surface area contributed by atoms with Gasteiger partial charge in [0.1, 0.15) is 12.1 Å². The summed E-state index contributed by atoms with van der Waals surface area (Å²) in [6.07, 6.45) is 2.08. The molecule has 4 N–H and O–H groups in total. The molecule has 3 rings (SSSR count). The Balaban J connectivity index is 0.00000208. The molecular formula is C14H23ClN6O3. The third-order valence-electron chi connectivity index (χ3n) is 4.05. The zero-order valence-electron chi connectivity index (χ0n) is 13.6. The van der Waals surface area contributed by atoms with Crippen LogP contribution in [0.1, 0.15) is 12.8 Å². The van der Waals surface area contributed by atoms with E-state index in [0.29, 0.717) is 36.8 Å². The first-order valence-corrected chi connectivity index (χ1v) is 7.77. The summed E-state index contributed by atoms with van der Waals surface area (Å²) in [4.78, 5) is 23.4. The summed E-state index contributed by atoms with van der Waals surface area (Å²) >= 11 is 0. The van der Waals surface area contributed by atoms with E-state index in [4.69, 9.17) is 15.2 Å². The number of nitrogens with zero attached hydrogens (tertiary/aromatic N) is 3. The van der Waals surface area contributed by atoms with E-state index >= 15 is 0 Å². The number of piperidine rings is 1. The van der Waals surface area contributed by atoms with Crippen LogP contribution in [0.15, 0.2) is 4.79 Å². The maximum atomic E-state index is 12.2. The van der Waals surface area contributed by atoms with Crippen molar-refractivity contribution in [1.29, 1.82) is 0 Å². The predicted octanol–water partition coefficient (Wildman–Crippen LogP) is 0.148. The second kappa shape index (κ2) is 8.32. The number of methoxy groups -OCH3 is 1. The Morgan fingerprint density at radius 2 is 2.04 bits per heavy atom. The average Bonchev–Trinajstić information content (AvgIpc) is 2.86. The molecule has 1 fully saturated rings. The van der Waals surface area contributed by atoms with Gasteiger partial charge in [-0.15, -0.1) is 12.4 Å². The number of nitrogens with one attached hydrogen (secondary N) is 2. The van der Waals surface area contributed by atoms with Crippen LogP contribution in [0, 0.1) is 5.92 Å². The number of ether oxygens (including phenoxy) is 2. The Labute approximate surface area is 145 Å². The van der Waals surface area contributed by atoms with Gasteiger partial charge < -0.3 is 25.5 Å². The highest BCUT2D eigenvalue weighted by molar-refractivity contribution is 5.85. The van der Waals surface area contributed by atoms with Crippen LogP contribution in [0.25, 0.3) is 11.2 Å². The highest BCUT2D eigenvalue weighted by Gasteiger charge is 2.19. The number of imidazole rings is 1. The maximum absolute atomic E-state index is 12.2. The molecule has 0 atom stereocenters. The van der Waals surface area contributed by atoms with Crippen LogP contribution in [0.2, 0.25) is 0 Å². The average molecular weight is 359 g/mol. The molecule has 10 heteroatoms. The van der Waals surface area contributed by atoms with Gasteiger partial charge in [0.25, 0.3) is 0 Å². The van der Waals surface area contributed by atoms with Crippen molar-refractivity contribution in [3.05, 3.63) is 10.5 Å². The molecule has 1 saturated heterocycles. The fourth-order valence-electron chi connectivity index (χ4n) is 2.80. The van der Waals surface area contributed by atoms with Crippen LogP contribution in [0.3, 0.4) is 0 Å². The van der Waals surface area contributed by atoms with Gasteiger partial charge in [0, 0.05) is 13.7 Å². The van der Waals surface area contributed by atoms with Gasteiger partial charge >= 0.3 is 11.7 Å². The summed E-state index contributed by atoms with van der Waals surface area (Å²) in [6.45, 7) is 3.32. The molecule has 134 valence electrons. The largest absolute Gasteiger partial charge is 0.461 e. The van der Waals surface area contributed by atoms with Gasteiger partial charge in [0.2, 0.25) is 0 Å². The van der Waals surface area contributed by atoms with Crippen LogP contribution in [0.5, 0.6) is 6.01 Å². The van der Waals surface area contributed by atoms with Crippen LogP contribution in [0.4, 0.5) is 5.82 Å². The van der Waals surface area contributed by atoms with Gasteiger partial charge in [0.15, 0.2) is 11.5 Å². The second-order valence-corrected chi connectivity index (χ2v) is 5.67. The lowest BCUT2D eigenvalue weighted by molar-refractivity contribution is 0.141. The van der Waals surface area contributed by atoms with Gasteiger partial charge in [-0.2, -0.15) is 9.97 Å². The Morgan fingerprint density at radius 3 is 2.75 bits per heavy atom. The third kappa shape index (κ3) is 3.97. The van der Waals surface area contributed by atoms with Gasteiger partial charge in [-0.1, -0.05) is 0 Å². The summed E-state index contributed by atoms with van der Waals surface area (Å²) in [6, 6.07) is 0.158. The summed E-state index contributed by atoms with van der Waals surface area (Å²) in [5, 5.41) is 3.32. The lowest BCUT2D eigenvalue weighted by atomic mass is 9.98. The van der Waals surface area contributed by atoms with E-state index < -0.39 is 0 Å². The highest BCUT2D eigenvalue weighted by atomic mass is 35.5. The fourth-order valence-corrected chi connectivity index (χ4v) is 2.80. The van der Waals surface area contributed by atoms with Crippen molar-refractivity contribution in [2.45, 2.75) is 19.4 Å². The van der Waals surface area contributed by atoms with Gasteiger partial charge in [-0.3, -0.25) is 4.57 Å². The van der Waals surface area contributed by atoms with Crippen molar-refractivity contribution in [2.24, 2.45) is 5.92 Å². The lowest BCUT2D eigenvalue weighted by Gasteiger charge is -2.22. The number of aromatic nitrogens is 4. The summed E-state index contributed by atoms with van der Waals surface area (Å²) in [5.41, 5.74) is 6.66. The third-order valence-corrected chi connectivity index (χ3v) is 4.05. The van der Waals surface area contributed by atoms with Crippen LogP contribution >= 0.6 is 12.4 Å². The molecule has 2 aromatic rings. The van der Waals surface area contributed by atoms with Crippen molar-refractivity contribution >= 4 is 29.4 Å². The smallest absolute Gasteiger partial charge is 0.327 e. The minimum Gasteiger partial charge on any atom is -0.461 e. The van der Waals surface area contributed by atoms with E-state index in [9.17, 15) is 4.79 Å². The van der Waals surface area contributed by atoms with Gasteiger partial charge in [-0.25, -0.2) is 4.79 Å². The number of nitrogens with two attached hydrogens (primary N) is 1. The standard InChI is InChI=1S/C14H22N6O3.ClH/c1-22-6-7-23-13-18-11(15)10-12(19-13)20(14(21)17-10)8-9-2-4-16-5-3-9;/h9,16H,2-8H2,1H3,(H,17,21)(H2,15,18,19);1H. The van der Waals surface area contributed by atoms with E-state index in [1.54, 1.807) is 11.7 Å². The number of hydrogen-bond acceptors (Lipinski definition) is 7. The number of H-pyrrole nitrogens is 1. The minimum absolute atomic E-state index is 0. The highest BCUT2D eigenvalue weighted by Crippen LogP contribution is 2.20. The quantitative estimate of drug-likeness (QED) is 0.628. The molecule has 0 aromatic carbocycles. The van der Waals surface area contributed by atoms with Crippen molar-refractivity contribution in [2.75, 3.05) is 39.1 Å². The summed E-state index contributed by atoms with van der Waals surface area (Å²) in [5.74, 6) is 0.658. The SMILES string of the molecule is COCCOc1nc(N)c2[nH]c(=O)n(CC3CCNCC3)c2n1.Cl. The maximum Gasteiger partial charge on any atom is 0.327 e. The predicted molar refractivity (Wildman–Crippen MR) is 92.8 cm³/mol. The van der Waals surface area contributed by atoms with E-state index in [1.165, 1.54) is 0 Å². The topological polar surface area (TPSA) is 120 Å². The summed E-state index contributed by atoms with van der Waals surface area (Å²) < 4.78 is 12.0. The first-order chi connectivity index (χ1) is 11.2. The van der Waals surface area contributed by atoms with E-state index in [-0.39, 0.29) is 29.9 Å². The number of anilines is 1. The van der Waals surface area contributed by atoms with E-state index in [0.717, 1.165) is 25.9 Å². The van der Waals surface area contributed by atoms with Crippen LogP contribution in [-0.4, -0.2) is 52.9 Å². The molecule has 1 aliphatic heterocycles. The Hall–Kier alpha value is -1.84. The molecule has 24 heavy (non-hydrogen) atoms. The molecule has 0 unspecified atom stereocenters. The monoisotopic (exact) mass is 358 g/mol. The molecule has 3 heterocycles. The molecule has 9 nitrogen and oxygen atoms in total. The van der Waals surface area contributed by atoms with Crippen molar-refractivity contribution in [3.63, 3.8) is 0 Å². The van der Waals surface area contributed by atoms with Crippen molar-refractivity contribution in [3.8, 4) is 6.01 Å². The number of aromatic amines is 1. The molecule has 2 aromatic heterocycles. The second-order valence-electron chi connectivity index (χ2n) is 5.67. The Morgan fingerprint density at radius 1 is 1.29 bits per heavy atom. The van der Waals surface area contributed by atoms with Crippen LogP contribution in [-0.2, 0) is 11.3 Å². The van der Waals surface area contributed by atoms with E-state index in [2.05, 4.69) is 20.3 Å². The van der Waals surface area contributed by atoms with Crippen molar-refractivity contribution in [1.82, 2.24) is 24.8 Å². The lowest BCUT2D eigenvalue weighted by Crippen LogP contribution is -2.32. The number of rotatable bonds is 6. The van der Waals surface area contributed by atoms with Crippen LogP contribution < -0.4 is 21.5 Å². The molecule has 0 bridgehead atoms. The zero-order valence-corrected chi connectivity index (χ0v) is 14.4. The number of halogens is 1. The number of nitrogen functional groups attached to an aromatic ring is 1. The Kier molecular flexibility index (Phi) is 6.41. The normalized spacial score (nSPS) is 15.4. The zero-order chi connectivity index (χ0) is 16.2. The van der Waals surface area contributed by atoms with Gasteiger partial charge in [-0.05, 0) is 31.8 Å². The number of fused-ring (bicyclic) bond motifs is 1. The van der Waals surface area contributed by atoms with Crippen molar-refractivity contribution < 1.29 is 9.47 Å². The van der Waals surface area contributed by atoms with Gasteiger partial charge in [0.05, 0.1) is 6.61 Å². The molecular weight excluding hydrogens is 336 g/mol. The van der Waals surface area contributed by atoms with E-state index in [1.807, 2.05) is 0 Å². The fraction of sp³-hybridized carbons (Fsp3) is 0.643. The molecule has 0 aliphatic carbocycles. The molecule has 0 spiro atoms. The number of hydrogen-bond donors (Lipinski definition) is 3. The summed E-state index contributed by atoms with van der Waals surface area (Å²) in [7, 11) is 1.59. The first-order valence-electron chi connectivity index (χ1n) is 7.77.